The van der Waals surface area contributed by atoms with Crippen LogP contribution in [-0.4, -0.2) is 48.3 Å². The highest BCUT2D eigenvalue weighted by Gasteiger charge is 2.51. The van der Waals surface area contributed by atoms with Crippen molar-refractivity contribution in [2.75, 3.05) is 20.2 Å². The van der Waals surface area contributed by atoms with Crippen molar-refractivity contribution in [1.82, 2.24) is 10.2 Å². The number of esters is 1. The normalized spacial score (nSPS) is 21.0. The second-order valence-corrected chi connectivity index (χ2v) is 8.10. The van der Waals surface area contributed by atoms with E-state index < -0.39 is 17.2 Å². The molecule has 0 unspecified atom stereocenters. The maximum Gasteiger partial charge on any atom is 0.411 e. The highest BCUT2D eigenvalue weighted by Crippen LogP contribution is 2.35. The molecule has 6 nitrogen and oxygen atoms in total. The van der Waals surface area contributed by atoms with E-state index in [1.54, 1.807) is 4.90 Å². The quantitative estimate of drug-likeness (QED) is 0.767. The fraction of sp³-hybridized carbons (Fsp3) is 0.619. The van der Waals surface area contributed by atoms with Crippen molar-refractivity contribution in [2.24, 2.45) is 0 Å². The number of ether oxygens (including phenoxy) is 2. The van der Waals surface area contributed by atoms with Gasteiger partial charge in [0.05, 0.1) is 7.11 Å². The minimum atomic E-state index is -0.972. The first-order chi connectivity index (χ1) is 12.7. The van der Waals surface area contributed by atoms with Gasteiger partial charge >= 0.3 is 12.1 Å². The lowest BCUT2D eigenvalue weighted by Gasteiger charge is -2.37. The van der Waals surface area contributed by atoms with Gasteiger partial charge in [0, 0.05) is 12.6 Å². The molecule has 1 aliphatic rings. The average molecular weight is 376 g/mol. The number of rotatable bonds is 6. The Labute approximate surface area is 162 Å². The Kier molecular flexibility index (Phi) is 6.87. The molecule has 1 saturated heterocycles. The molecule has 1 heterocycles. The lowest BCUT2D eigenvalue weighted by atomic mass is 9.91. The van der Waals surface area contributed by atoms with Gasteiger partial charge in [-0.05, 0) is 59.1 Å². The van der Waals surface area contributed by atoms with E-state index in [9.17, 15) is 9.59 Å². The Morgan fingerprint density at radius 2 is 1.93 bits per heavy atom. The number of carbonyl (C=O) groups excluding carboxylic acids is 2. The fourth-order valence-electron chi connectivity index (χ4n) is 3.58. The summed E-state index contributed by atoms with van der Waals surface area (Å²) in [5, 5.41) is 3.45. The van der Waals surface area contributed by atoms with Crippen LogP contribution in [0.2, 0.25) is 0 Å². The topological polar surface area (TPSA) is 67.9 Å². The minimum absolute atomic E-state index is 0.150. The molecule has 150 valence electrons. The van der Waals surface area contributed by atoms with Gasteiger partial charge in [-0.25, -0.2) is 9.59 Å². The van der Waals surface area contributed by atoms with E-state index in [0.29, 0.717) is 25.9 Å². The first kappa shape index (κ1) is 21.2. The third-order valence-corrected chi connectivity index (χ3v) is 4.96. The van der Waals surface area contributed by atoms with Gasteiger partial charge in [0.15, 0.2) is 0 Å². The summed E-state index contributed by atoms with van der Waals surface area (Å²) in [6, 6.07) is 10.3. The van der Waals surface area contributed by atoms with E-state index in [2.05, 4.69) is 24.4 Å². The molecule has 0 saturated carbocycles. The highest BCUT2D eigenvalue weighted by molar-refractivity contribution is 5.86. The predicted octanol–water partition coefficient (Wildman–Crippen LogP) is 3.67. The molecule has 0 aromatic heterocycles. The third kappa shape index (κ3) is 5.22. The Bertz CT molecular complexity index is 641. The lowest BCUT2D eigenvalue weighted by Crippen LogP contribution is -2.55. The summed E-state index contributed by atoms with van der Waals surface area (Å²) < 4.78 is 10.6. The molecule has 1 aromatic carbocycles. The molecule has 1 N–H and O–H groups in total. The molecule has 0 radical (unpaired) electrons. The van der Waals surface area contributed by atoms with Crippen molar-refractivity contribution in [3.8, 4) is 0 Å². The maximum atomic E-state index is 12.7. The predicted molar refractivity (Wildman–Crippen MR) is 104 cm³/mol. The number of benzene rings is 1. The third-order valence-electron chi connectivity index (χ3n) is 4.96. The Morgan fingerprint density at radius 3 is 2.52 bits per heavy atom. The summed E-state index contributed by atoms with van der Waals surface area (Å²) in [5.74, 6) is -0.375. The van der Waals surface area contributed by atoms with Crippen LogP contribution in [0.3, 0.4) is 0 Å². The molecule has 0 aliphatic carbocycles. The van der Waals surface area contributed by atoms with Gasteiger partial charge in [-0.1, -0.05) is 30.3 Å². The van der Waals surface area contributed by atoms with E-state index in [1.165, 1.54) is 12.7 Å². The molecule has 1 amide bonds. The summed E-state index contributed by atoms with van der Waals surface area (Å²) in [6.45, 7) is 8.64. The monoisotopic (exact) mass is 376 g/mol. The number of hydrogen-bond acceptors (Lipinski definition) is 5. The molecule has 1 fully saturated rings. The second kappa shape index (κ2) is 8.74. The van der Waals surface area contributed by atoms with Gasteiger partial charge in [-0.3, -0.25) is 4.90 Å². The number of amides is 1. The van der Waals surface area contributed by atoms with Crippen LogP contribution in [0.5, 0.6) is 0 Å². The van der Waals surface area contributed by atoms with Crippen molar-refractivity contribution in [3.05, 3.63) is 35.9 Å². The number of methoxy groups -OCH3 is 1. The van der Waals surface area contributed by atoms with Crippen LogP contribution in [0.4, 0.5) is 4.79 Å². The van der Waals surface area contributed by atoms with Gasteiger partial charge in [0.25, 0.3) is 0 Å². The average Bonchev–Trinajstić information content (AvgIpc) is 3.05. The zero-order valence-corrected chi connectivity index (χ0v) is 17.1. The first-order valence-electron chi connectivity index (χ1n) is 9.57. The summed E-state index contributed by atoms with van der Waals surface area (Å²) in [7, 11) is 1.37. The molecule has 1 aromatic rings. The van der Waals surface area contributed by atoms with Crippen LogP contribution in [0, 0.1) is 0 Å². The smallest absolute Gasteiger partial charge is 0.411 e. The minimum Gasteiger partial charge on any atom is -0.467 e. The van der Waals surface area contributed by atoms with E-state index in [4.69, 9.17) is 9.47 Å². The van der Waals surface area contributed by atoms with Crippen LogP contribution in [0.15, 0.2) is 30.3 Å². The van der Waals surface area contributed by atoms with Gasteiger partial charge in [-0.2, -0.15) is 0 Å². The number of nitrogens with one attached hydrogen (secondary N) is 1. The summed E-state index contributed by atoms with van der Waals surface area (Å²) in [5.41, 5.74) is -0.401. The van der Waals surface area contributed by atoms with Gasteiger partial charge in [0.1, 0.15) is 11.1 Å². The van der Waals surface area contributed by atoms with Gasteiger partial charge < -0.3 is 14.8 Å². The molecule has 27 heavy (non-hydrogen) atoms. The summed E-state index contributed by atoms with van der Waals surface area (Å²) in [6.07, 6.45) is 1.36. The second-order valence-electron chi connectivity index (χ2n) is 8.10. The SMILES string of the molecule is COC(=O)[C@]1(CCN[C@@H](C)c2ccccc2)CCCN1C(=O)OC(C)(C)C. The summed E-state index contributed by atoms with van der Waals surface area (Å²) >= 11 is 0. The molecule has 2 atom stereocenters. The Hall–Kier alpha value is -2.08. The fourth-order valence-corrected chi connectivity index (χ4v) is 3.58. The molecule has 0 bridgehead atoms. The van der Waals surface area contributed by atoms with Crippen LogP contribution >= 0.6 is 0 Å². The number of carbonyl (C=O) groups is 2. The van der Waals surface area contributed by atoms with E-state index in [-0.39, 0.29) is 12.0 Å². The van der Waals surface area contributed by atoms with Crippen LogP contribution in [0.1, 0.15) is 58.6 Å². The number of nitrogens with zero attached hydrogens (tertiary/aromatic N) is 1. The lowest BCUT2D eigenvalue weighted by molar-refractivity contribution is -0.153. The maximum absolute atomic E-state index is 12.7. The van der Waals surface area contributed by atoms with Crippen molar-refractivity contribution in [3.63, 3.8) is 0 Å². The summed E-state index contributed by atoms with van der Waals surface area (Å²) in [4.78, 5) is 26.9. The van der Waals surface area contributed by atoms with Crippen molar-refractivity contribution in [2.45, 2.75) is 64.1 Å². The molecule has 0 spiro atoms. The van der Waals surface area contributed by atoms with Crippen molar-refractivity contribution < 1.29 is 19.1 Å². The molecule has 2 rings (SSSR count). The Balaban J connectivity index is 2.09. The van der Waals surface area contributed by atoms with Gasteiger partial charge in [0.2, 0.25) is 0 Å². The van der Waals surface area contributed by atoms with Crippen LogP contribution in [0.25, 0.3) is 0 Å². The van der Waals surface area contributed by atoms with Crippen LogP contribution < -0.4 is 5.32 Å². The van der Waals surface area contributed by atoms with E-state index in [0.717, 1.165) is 6.42 Å². The van der Waals surface area contributed by atoms with Crippen molar-refractivity contribution in [1.29, 1.82) is 0 Å². The zero-order valence-electron chi connectivity index (χ0n) is 17.1. The number of hydrogen-bond donors (Lipinski definition) is 1. The van der Waals surface area contributed by atoms with Gasteiger partial charge in [-0.15, -0.1) is 0 Å². The standard InChI is InChI=1S/C21H32N2O4/c1-16(17-10-7-6-8-11-17)22-14-13-21(18(24)26-5)12-9-15-23(21)19(25)27-20(2,3)4/h6-8,10-11,16,22H,9,12-15H2,1-5H3/t16-,21+/m0/s1. The highest BCUT2D eigenvalue weighted by atomic mass is 16.6. The van der Waals surface area contributed by atoms with Crippen LogP contribution in [-0.2, 0) is 14.3 Å². The number of likely N-dealkylation sites (tertiary alicyclic amines) is 1. The molecule has 6 heteroatoms. The molecular weight excluding hydrogens is 344 g/mol. The first-order valence-corrected chi connectivity index (χ1v) is 9.57. The van der Waals surface area contributed by atoms with Crippen molar-refractivity contribution >= 4 is 12.1 Å². The zero-order chi connectivity index (χ0) is 20.1. The molecular formula is C21H32N2O4. The van der Waals surface area contributed by atoms with E-state index in [1.807, 2.05) is 39.0 Å². The molecule has 1 aliphatic heterocycles. The largest absolute Gasteiger partial charge is 0.467 e. The Morgan fingerprint density at radius 1 is 1.26 bits per heavy atom. The van der Waals surface area contributed by atoms with E-state index >= 15 is 0 Å².